The molecule has 0 bridgehead atoms. The van der Waals surface area contributed by atoms with Gasteiger partial charge in [0.2, 0.25) is 5.75 Å². The first-order chi connectivity index (χ1) is 7.26. The minimum Gasteiger partial charge on any atom is -0.502 e. The van der Waals surface area contributed by atoms with Gasteiger partial charge in [-0.15, -0.1) is 12.4 Å². The number of rotatable bonds is 3. The van der Waals surface area contributed by atoms with Crippen molar-refractivity contribution in [3.63, 3.8) is 0 Å². The predicted octanol–water partition coefficient (Wildman–Crippen LogP) is 1.87. The highest BCUT2D eigenvalue weighted by Gasteiger charge is 2.21. The standard InChI is InChI=1S/C11H15NO3.ClH/c1-14-9-5-7(8-3-4-12-8)6-10(15-2)11(9)13;/h5-6,8,12-13H,3-4H2,1-2H3;1H/t8-;/m1./s1. The molecule has 1 heterocycles. The van der Waals surface area contributed by atoms with Gasteiger partial charge < -0.3 is 19.9 Å². The maximum atomic E-state index is 9.72. The average Bonchev–Trinajstić information content (AvgIpc) is 2.17. The largest absolute Gasteiger partial charge is 0.502 e. The van der Waals surface area contributed by atoms with Crippen LogP contribution < -0.4 is 14.8 Å². The van der Waals surface area contributed by atoms with Crippen LogP contribution in [-0.4, -0.2) is 25.9 Å². The van der Waals surface area contributed by atoms with Crippen LogP contribution in [0.3, 0.4) is 0 Å². The molecule has 1 aromatic carbocycles. The number of aromatic hydroxyl groups is 1. The van der Waals surface area contributed by atoms with E-state index in [1.807, 2.05) is 12.1 Å². The van der Waals surface area contributed by atoms with Gasteiger partial charge in [0, 0.05) is 6.04 Å². The molecule has 1 aromatic rings. The number of halogens is 1. The van der Waals surface area contributed by atoms with Gasteiger partial charge >= 0.3 is 0 Å². The first-order valence-electron chi connectivity index (χ1n) is 4.94. The summed E-state index contributed by atoms with van der Waals surface area (Å²) in [5.74, 6) is 0.971. The summed E-state index contributed by atoms with van der Waals surface area (Å²) >= 11 is 0. The first-order valence-corrected chi connectivity index (χ1v) is 4.94. The second-order valence-electron chi connectivity index (χ2n) is 3.57. The Morgan fingerprint density at radius 1 is 1.25 bits per heavy atom. The maximum absolute atomic E-state index is 9.72. The zero-order chi connectivity index (χ0) is 10.8. The summed E-state index contributed by atoms with van der Waals surface area (Å²) < 4.78 is 10.2. The van der Waals surface area contributed by atoms with Crippen LogP contribution in [0.4, 0.5) is 0 Å². The fourth-order valence-corrected chi connectivity index (χ4v) is 1.69. The third-order valence-corrected chi connectivity index (χ3v) is 2.73. The van der Waals surface area contributed by atoms with E-state index < -0.39 is 0 Å². The summed E-state index contributed by atoms with van der Waals surface area (Å²) in [6.07, 6.45) is 1.11. The highest BCUT2D eigenvalue weighted by Crippen LogP contribution is 2.40. The smallest absolute Gasteiger partial charge is 0.200 e. The van der Waals surface area contributed by atoms with Gasteiger partial charge in [-0.2, -0.15) is 0 Å². The lowest BCUT2D eigenvalue weighted by Crippen LogP contribution is -2.34. The molecule has 1 aliphatic heterocycles. The van der Waals surface area contributed by atoms with Gasteiger partial charge in [0.05, 0.1) is 14.2 Å². The van der Waals surface area contributed by atoms with E-state index in [2.05, 4.69) is 5.32 Å². The van der Waals surface area contributed by atoms with E-state index in [1.54, 1.807) is 0 Å². The Morgan fingerprint density at radius 3 is 2.06 bits per heavy atom. The van der Waals surface area contributed by atoms with Crippen molar-refractivity contribution in [2.75, 3.05) is 20.8 Å². The third-order valence-electron chi connectivity index (χ3n) is 2.73. The zero-order valence-corrected chi connectivity index (χ0v) is 10.1. The molecule has 90 valence electrons. The Labute approximate surface area is 101 Å². The van der Waals surface area contributed by atoms with E-state index in [-0.39, 0.29) is 18.2 Å². The van der Waals surface area contributed by atoms with Crippen LogP contribution in [0.15, 0.2) is 12.1 Å². The fourth-order valence-electron chi connectivity index (χ4n) is 1.69. The summed E-state index contributed by atoms with van der Waals surface area (Å²) in [4.78, 5) is 0. The van der Waals surface area contributed by atoms with E-state index in [4.69, 9.17) is 9.47 Å². The zero-order valence-electron chi connectivity index (χ0n) is 9.32. The molecular formula is C11H16ClNO3. The Bertz CT molecular complexity index is 341. The molecule has 1 aliphatic rings. The number of benzene rings is 1. The number of hydrogen-bond acceptors (Lipinski definition) is 4. The van der Waals surface area contributed by atoms with Crippen molar-refractivity contribution in [3.8, 4) is 17.2 Å². The Hall–Kier alpha value is -1.13. The van der Waals surface area contributed by atoms with Gasteiger partial charge in [-0.25, -0.2) is 0 Å². The number of phenols is 1. The van der Waals surface area contributed by atoms with Crippen LogP contribution in [0.5, 0.6) is 17.2 Å². The summed E-state index contributed by atoms with van der Waals surface area (Å²) in [7, 11) is 3.07. The fraction of sp³-hybridized carbons (Fsp3) is 0.455. The van der Waals surface area contributed by atoms with Gasteiger partial charge in [0.1, 0.15) is 0 Å². The second-order valence-corrected chi connectivity index (χ2v) is 3.57. The van der Waals surface area contributed by atoms with Crippen molar-refractivity contribution < 1.29 is 14.6 Å². The van der Waals surface area contributed by atoms with Crippen LogP contribution in [0, 0.1) is 0 Å². The van der Waals surface area contributed by atoms with Crippen molar-refractivity contribution in [2.45, 2.75) is 12.5 Å². The minimum atomic E-state index is 0. The summed E-state index contributed by atoms with van der Waals surface area (Å²) in [6, 6.07) is 4.04. The first kappa shape index (κ1) is 12.9. The van der Waals surface area contributed by atoms with Gasteiger partial charge in [-0.05, 0) is 30.7 Å². The lowest BCUT2D eigenvalue weighted by Gasteiger charge is -2.28. The van der Waals surface area contributed by atoms with E-state index in [0.717, 1.165) is 18.5 Å². The van der Waals surface area contributed by atoms with Crippen molar-refractivity contribution >= 4 is 12.4 Å². The van der Waals surface area contributed by atoms with Crippen LogP contribution >= 0.6 is 12.4 Å². The Balaban J connectivity index is 0.00000128. The normalized spacial score (nSPS) is 18.2. The van der Waals surface area contributed by atoms with Gasteiger partial charge in [-0.1, -0.05) is 0 Å². The van der Waals surface area contributed by atoms with Crippen molar-refractivity contribution in [3.05, 3.63) is 17.7 Å². The highest BCUT2D eigenvalue weighted by molar-refractivity contribution is 5.85. The molecule has 2 rings (SSSR count). The van der Waals surface area contributed by atoms with Crippen molar-refractivity contribution in [1.29, 1.82) is 0 Å². The number of ether oxygens (including phenoxy) is 2. The van der Waals surface area contributed by atoms with E-state index >= 15 is 0 Å². The molecule has 0 aliphatic carbocycles. The predicted molar refractivity (Wildman–Crippen MR) is 63.8 cm³/mol. The summed E-state index contributed by atoms with van der Waals surface area (Å²) in [5.41, 5.74) is 1.09. The van der Waals surface area contributed by atoms with E-state index in [9.17, 15) is 5.11 Å². The molecule has 1 fully saturated rings. The summed E-state index contributed by atoms with van der Waals surface area (Å²) in [6.45, 7) is 1.04. The molecule has 0 aromatic heterocycles. The van der Waals surface area contributed by atoms with Crippen LogP contribution in [-0.2, 0) is 0 Å². The van der Waals surface area contributed by atoms with Crippen molar-refractivity contribution in [1.82, 2.24) is 5.32 Å². The topological polar surface area (TPSA) is 50.7 Å². The summed E-state index contributed by atoms with van der Waals surface area (Å²) in [5, 5.41) is 13.0. The maximum Gasteiger partial charge on any atom is 0.200 e. The minimum absolute atomic E-state index is 0. The highest BCUT2D eigenvalue weighted by atomic mass is 35.5. The number of hydrogen-bond donors (Lipinski definition) is 2. The van der Waals surface area contributed by atoms with Gasteiger partial charge in [-0.3, -0.25) is 0 Å². The number of phenolic OH excluding ortho intramolecular Hbond substituents is 1. The Kier molecular flexibility index (Phi) is 4.26. The molecule has 1 atom stereocenters. The second kappa shape index (κ2) is 5.27. The van der Waals surface area contributed by atoms with Crippen molar-refractivity contribution in [2.24, 2.45) is 0 Å². The number of methoxy groups -OCH3 is 2. The molecule has 2 N–H and O–H groups in total. The third kappa shape index (κ3) is 2.18. The molecule has 16 heavy (non-hydrogen) atoms. The van der Waals surface area contributed by atoms with Gasteiger partial charge in [0.25, 0.3) is 0 Å². The molecule has 0 amide bonds. The molecule has 0 radical (unpaired) electrons. The molecular weight excluding hydrogens is 230 g/mol. The monoisotopic (exact) mass is 245 g/mol. The molecule has 0 unspecified atom stereocenters. The van der Waals surface area contributed by atoms with Crippen LogP contribution in [0.1, 0.15) is 18.0 Å². The quantitative estimate of drug-likeness (QED) is 0.854. The molecule has 0 spiro atoms. The lowest BCUT2D eigenvalue weighted by atomic mass is 9.97. The number of nitrogens with one attached hydrogen (secondary N) is 1. The lowest BCUT2D eigenvalue weighted by molar-refractivity contribution is 0.333. The van der Waals surface area contributed by atoms with E-state index in [1.165, 1.54) is 14.2 Å². The Morgan fingerprint density at radius 2 is 1.75 bits per heavy atom. The molecule has 4 nitrogen and oxygen atoms in total. The molecule has 1 saturated heterocycles. The van der Waals surface area contributed by atoms with E-state index in [0.29, 0.717) is 17.5 Å². The SMILES string of the molecule is COc1cc([C@H]2CCN2)cc(OC)c1O.Cl. The molecule has 0 saturated carbocycles. The van der Waals surface area contributed by atoms with Gasteiger partial charge in [0.15, 0.2) is 11.5 Å². The van der Waals surface area contributed by atoms with Crippen LogP contribution in [0.2, 0.25) is 0 Å². The average molecular weight is 246 g/mol. The van der Waals surface area contributed by atoms with Crippen LogP contribution in [0.25, 0.3) is 0 Å². The molecule has 5 heteroatoms.